The zero-order chi connectivity index (χ0) is 34.1. The SMILES string of the molecule is COc1nc(N2C3CC2CN(CC(C)O)C3)c2c3c(c(-c4ncc(F)c5sc(N)c(C#N)c45)c(F)c2n1)COC3.FC1CC2CCCN2C1. The second kappa shape index (κ2) is 12.5. The molecule has 0 radical (unpaired) electrons. The fourth-order valence-corrected chi connectivity index (χ4v) is 9.42. The number of nitrogen functional groups attached to an aromatic ring is 1. The Kier molecular flexibility index (Phi) is 8.27. The van der Waals surface area contributed by atoms with Crippen molar-refractivity contribution in [2.75, 3.05) is 50.5 Å². The summed E-state index contributed by atoms with van der Waals surface area (Å²) in [5, 5.41) is 20.5. The molecular weight excluding hydrogens is 657 g/mol. The number of nitriles is 1. The standard InChI is InChI=1S/C27H25F2N7O3S.C7H12FN/c1-11(37)6-35-7-12-3-13(8-35)36(12)26-20-16-10-39-9-15(16)18(21(29)23(20)33-27(34-26)38-2)22-19-14(4-30)25(31)40-24(19)17(28)5-32-22;8-6-4-7-2-1-3-9(7)5-6/h5,11-13,37H,3,6-10,31H2,1-2H3;6-7H,1-5H2. The van der Waals surface area contributed by atoms with E-state index in [1.165, 1.54) is 20.0 Å². The minimum absolute atomic E-state index is 0.0201. The summed E-state index contributed by atoms with van der Waals surface area (Å²) in [4.78, 5) is 20.1. The fourth-order valence-electron chi connectivity index (χ4n) is 8.50. The third-order valence-corrected chi connectivity index (χ3v) is 11.5. The minimum atomic E-state index is -0.670. The number of nitrogens with two attached hydrogens (primary N) is 1. The number of aromatic nitrogens is 3. The van der Waals surface area contributed by atoms with Crippen LogP contribution in [0.3, 0.4) is 0 Å². The summed E-state index contributed by atoms with van der Waals surface area (Å²) in [5.74, 6) is -0.718. The smallest absolute Gasteiger partial charge is 0.318 e. The summed E-state index contributed by atoms with van der Waals surface area (Å²) in [6.07, 6.45) is 4.38. The molecule has 0 aliphatic carbocycles. The van der Waals surface area contributed by atoms with Gasteiger partial charge in [0.25, 0.3) is 0 Å². The molecule has 2 bridgehead atoms. The number of pyridine rings is 1. The Hall–Kier alpha value is -3.81. The Labute approximate surface area is 285 Å². The number of halogens is 3. The zero-order valence-electron chi connectivity index (χ0n) is 27.3. The van der Waals surface area contributed by atoms with Crippen molar-refractivity contribution in [2.45, 2.75) is 76.2 Å². The van der Waals surface area contributed by atoms with Crippen molar-refractivity contribution in [1.82, 2.24) is 24.8 Å². The topological polar surface area (TPSA) is 137 Å². The molecule has 1 aromatic carbocycles. The first kappa shape index (κ1) is 32.4. The molecule has 0 spiro atoms. The van der Waals surface area contributed by atoms with Crippen LogP contribution in [0.15, 0.2) is 6.20 Å². The number of nitrogens with zero attached hydrogens (tertiary/aromatic N) is 7. The van der Waals surface area contributed by atoms with Crippen molar-refractivity contribution in [3.05, 3.63) is 34.5 Å². The maximum absolute atomic E-state index is 16.8. The number of fused-ring (bicyclic) bond motifs is 7. The van der Waals surface area contributed by atoms with E-state index in [0.29, 0.717) is 35.9 Å². The number of likely N-dealkylation sites (tertiary alicyclic amines) is 1. The van der Waals surface area contributed by atoms with E-state index in [1.807, 2.05) is 6.07 Å². The number of piperazine rings is 1. The van der Waals surface area contributed by atoms with Gasteiger partial charge < -0.3 is 25.2 Å². The van der Waals surface area contributed by atoms with Crippen LogP contribution < -0.4 is 15.4 Å². The quantitative estimate of drug-likeness (QED) is 0.305. The van der Waals surface area contributed by atoms with Gasteiger partial charge in [-0.15, -0.1) is 11.3 Å². The van der Waals surface area contributed by atoms with Crippen molar-refractivity contribution in [3.8, 4) is 23.3 Å². The molecule has 0 saturated carbocycles. The van der Waals surface area contributed by atoms with E-state index in [9.17, 15) is 19.1 Å². The molecule has 5 aliphatic heterocycles. The summed E-state index contributed by atoms with van der Waals surface area (Å²) in [5.41, 5.74) is 7.68. The Balaban J connectivity index is 0.000000334. The molecule has 3 aromatic heterocycles. The van der Waals surface area contributed by atoms with Gasteiger partial charge in [-0.2, -0.15) is 15.2 Å². The molecule has 0 amide bonds. The summed E-state index contributed by atoms with van der Waals surface area (Å²) >= 11 is 0.932. The molecule has 5 aliphatic rings. The number of benzene rings is 1. The molecule has 3 N–H and O–H groups in total. The first-order chi connectivity index (χ1) is 23.7. The molecule has 5 unspecified atom stereocenters. The van der Waals surface area contributed by atoms with E-state index < -0.39 is 23.9 Å². The highest BCUT2D eigenvalue weighted by molar-refractivity contribution is 7.23. The van der Waals surface area contributed by atoms with Crippen LogP contribution in [0.5, 0.6) is 6.01 Å². The van der Waals surface area contributed by atoms with Crippen molar-refractivity contribution >= 4 is 43.1 Å². The normalized spacial score (nSPS) is 25.1. The van der Waals surface area contributed by atoms with E-state index in [2.05, 4.69) is 24.7 Å². The van der Waals surface area contributed by atoms with Gasteiger partial charge in [0, 0.05) is 55.3 Å². The summed E-state index contributed by atoms with van der Waals surface area (Å²) < 4.78 is 55.5. The number of β-amino-alcohol motifs (C(OH)–C–C–N with tert-alkyl or cyclic N) is 1. The highest BCUT2D eigenvalue weighted by Crippen LogP contribution is 2.48. The van der Waals surface area contributed by atoms with Crippen LogP contribution in [-0.2, 0) is 18.0 Å². The van der Waals surface area contributed by atoms with Gasteiger partial charge in [0.1, 0.15) is 28.6 Å². The largest absolute Gasteiger partial charge is 0.467 e. The molecule has 4 saturated heterocycles. The molecule has 9 rings (SSSR count). The van der Waals surface area contributed by atoms with E-state index >= 15 is 4.39 Å². The molecule has 8 heterocycles. The van der Waals surface area contributed by atoms with Crippen LogP contribution in [0, 0.1) is 23.0 Å². The maximum atomic E-state index is 16.8. The molecule has 49 heavy (non-hydrogen) atoms. The van der Waals surface area contributed by atoms with Crippen LogP contribution in [0.1, 0.15) is 49.3 Å². The van der Waals surface area contributed by atoms with E-state index in [0.717, 1.165) is 55.6 Å². The zero-order valence-corrected chi connectivity index (χ0v) is 28.1. The van der Waals surface area contributed by atoms with E-state index in [-0.39, 0.29) is 68.7 Å². The van der Waals surface area contributed by atoms with Crippen molar-refractivity contribution < 1.29 is 27.8 Å². The predicted octanol–water partition coefficient (Wildman–Crippen LogP) is 4.51. The summed E-state index contributed by atoms with van der Waals surface area (Å²) in [6.45, 7) is 6.05. The number of methoxy groups -OCH3 is 1. The molecule has 4 aromatic rings. The number of anilines is 2. The molecule has 5 atom stereocenters. The fraction of sp³-hybridized carbons (Fsp3) is 0.529. The molecule has 15 heteroatoms. The number of aliphatic hydroxyl groups is 1. The number of ether oxygens (including phenoxy) is 2. The van der Waals surface area contributed by atoms with Crippen LogP contribution >= 0.6 is 11.3 Å². The lowest BCUT2D eigenvalue weighted by Crippen LogP contribution is -2.69. The van der Waals surface area contributed by atoms with Crippen LogP contribution in [-0.4, -0.2) is 100 Å². The Bertz CT molecular complexity index is 1980. The number of piperidine rings is 1. The van der Waals surface area contributed by atoms with E-state index in [4.69, 9.17) is 20.2 Å². The van der Waals surface area contributed by atoms with Gasteiger partial charge in [-0.25, -0.2) is 13.2 Å². The van der Waals surface area contributed by atoms with Crippen molar-refractivity contribution in [1.29, 1.82) is 5.26 Å². The average Bonchev–Trinajstić information content (AvgIpc) is 3.86. The summed E-state index contributed by atoms with van der Waals surface area (Å²) in [7, 11) is 1.43. The lowest BCUT2D eigenvalue weighted by atomic mass is 9.86. The summed E-state index contributed by atoms with van der Waals surface area (Å²) in [6, 6.07) is 2.95. The molecular formula is C34H37F3N8O3S. The number of aliphatic hydroxyl groups excluding tert-OH is 1. The molecule has 11 nitrogen and oxygen atoms in total. The number of thiophene rings is 1. The van der Waals surface area contributed by atoms with Gasteiger partial charge in [-0.3, -0.25) is 14.8 Å². The van der Waals surface area contributed by atoms with Gasteiger partial charge in [-0.05, 0) is 50.3 Å². The van der Waals surface area contributed by atoms with Crippen LogP contribution in [0.4, 0.5) is 24.0 Å². The highest BCUT2D eigenvalue weighted by Gasteiger charge is 2.47. The minimum Gasteiger partial charge on any atom is -0.467 e. The lowest BCUT2D eigenvalue weighted by Gasteiger charge is -2.57. The van der Waals surface area contributed by atoms with Gasteiger partial charge in [-0.1, -0.05) is 0 Å². The van der Waals surface area contributed by atoms with Crippen molar-refractivity contribution in [2.24, 2.45) is 0 Å². The maximum Gasteiger partial charge on any atom is 0.318 e. The predicted molar refractivity (Wildman–Crippen MR) is 179 cm³/mol. The third kappa shape index (κ3) is 5.36. The van der Waals surface area contributed by atoms with Gasteiger partial charge in [0.15, 0.2) is 11.6 Å². The molecule has 4 fully saturated rings. The molecule has 258 valence electrons. The van der Waals surface area contributed by atoms with Crippen molar-refractivity contribution in [3.63, 3.8) is 0 Å². The Morgan fingerprint density at radius 2 is 1.92 bits per heavy atom. The second-order valence-corrected chi connectivity index (χ2v) is 14.7. The highest BCUT2D eigenvalue weighted by atomic mass is 32.1. The monoisotopic (exact) mass is 694 g/mol. The average molecular weight is 695 g/mol. The van der Waals surface area contributed by atoms with Gasteiger partial charge >= 0.3 is 6.01 Å². The van der Waals surface area contributed by atoms with Crippen LogP contribution in [0.25, 0.3) is 32.2 Å². The van der Waals surface area contributed by atoms with Gasteiger partial charge in [0.2, 0.25) is 0 Å². The van der Waals surface area contributed by atoms with E-state index in [1.54, 1.807) is 6.92 Å². The second-order valence-electron chi connectivity index (χ2n) is 13.7. The lowest BCUT2D eigenvalue weighted by molar-refractivity contribution is 0.0653. The third-order valence-electron chi connectivity index (χ3n) is 10.5. The number of alkyl halides is 1. The first-order valence-electron chi connectivity index (χ1n) is 16.7. The Morgan fingerprint density at radius 3 is 2.63 bits per heavy atom. The van der Waals surface area contributed by atoms with Gasteiger partial charge in [0.05, 0.1) is 54.0 Å². The first-order valence-corrected chi connectivity index (χ1v) is 17.5. The number of hydrogen-bond donors (Lipinski definition) is 2. The number of hydrogen-bond acceptors (Lipinski definition) is 12. The number of rotatable bonds is 5. The Morgan fingerprint density at radius 1 is 1.14 bits per heavy atom. The van der Waals surface area contributed by atoms with Crippen LogP contribution in [0.2, 0.25) is 0 Å².